The van der Waals surface area contributed by atoms with Crippen molar-refractivity contribution in [3.8, 4) is 0 Å². The lowest BCUT2D eigenvalue weighted by Crippen LogP contribution is -1.97. The van der Waals surface area contributed by atoms with Crippen molar-refractivity contribution < 1.29 is 0 Å². The van der Waals surface area contributed by atoms with Crippen LogP contribution >= 0.6 is 11.8 Å². The number of hydrogen-bond acceptors (Lipinski definition) is 5. The van der Waals surface area contributed by atoms with Gasteiger partial charge in [-0.15, -0.1) is 0 Å². The minimum absolute atomic E-state index is 0.485. The second-order valence-corrected chi connectivity index (χ2v) is 4.09. The third-order valence-electron chi connectivity index (χ3n) is 1.81. The summed E-state index contributed by atoms with van der Waals surface area (Å²) in [7, 11) is 1.94. The number of nitrogens with two attached hydrogens (primary N) is 1. The van der Waals surface area contributed by atoms with Crippen molar-refractivity contribution >= 4 is 17.6 Å². The Hall–Kier alpha value is -1.56. The topological polar surface area (TPSA) is 69.6 Å². The van der Waals surface area contributed by atoms with Gasteiger partial charge < -0.3 is 10.3 Å². The van der Waals surface area contributed by atoms with Crippen LogP contribution < -0.4 is 5.73 Å². The number of hydrogen-bond donors (Lipinski definition) is 1. The fourth-order valence-corrected chi connectivity index (χ4v) is 2.02. The van der Waals surface area contributed by atoms with Crippen LogP contribution in [0.3, 0.4) is 0 Å². The van der Waals surface area contributed by atoms with E-state index in [4.69, 9.17) is 5.73 Å². The number of aryl methyl sites for hydroxylation is 2. The van der Waals surface area contributed by atoms with Gasteiger partial charge in [0.2, 0.25) is 0 Å². The molecule has 0 bridgehead atoms. The van der Waals surface area contributed by atoms with Crippen molar-refractivity contribution in [3.63, 3.8) is 0 Å². The van der Waals surface area contributed by atoms with Gasteiger partial charge in [-0.3, -0.25) is 0 Å². The van der Waals surface area contributed by atoms with Crippen LogP contribution in [0, 0.1) is 6.92 Å². The first-order valence-corrected chi connectivity index (χ1v) is 5.23. The van der Waals surface area contributed by atoms with E-state index < -0.39 is 0 Å². The first-order valence-electron chi connectivity index (χ1n) is 4.41. The van der Waals surface area contributed by atoms with Crippen LogP contribution in [0.5, 0.6) is 0 Å². The SMILES string of the molecule is Cc1nc(N)cc(Sc2nccn2C)n1. The summed E-state index contributed by atoms with van der Waals surface area (Å²) in [4.78, 5) is 12.5. The molecule has 0 spiro atoms. The first kappa shape index (κ1) is 9.97. The second kappa shape index (κ2) is 3.90. The third-order valence-corrected chi connectivity index (χ3v) is 2.80. The van der Waals surface area contributed by atoms with E-state index in [-0.39, 0.29) is 0 Å². The zero-order valence-electron chi connectivity index (χ0n) is 8.51. The van der Waals surface area contributed by atoms with Crippen molar-refractivity contribution in [3.05, 3.63) is 24.3 Å². The van der Waals surface area contributed by atoms with E-state index in [1.807, 2.05) is 24.7 Å². The molecule has 0 aliphatic heterocycles. The fourth-order valence-electron chi connectivity index (χ4n) is 1.16. The van der Waals surface area contributed by atoms with Crippen LogP contribution in [-0.4, -0.2) is 19.5 Å². The van der Waals surface area contributed by atoms with Crippen LogP contribution in [0.15, 0.2) is 28.6 Å². The molecule has 0 aliphatic carbocycles. The Kier molecular flexibility index (Phi) is 2.59. The maximum Gasteiger partial charge on any atom is 0.174 e. The number of nitrogens with zero attached hydrogens (tertiary/aromatic N) is 4. The third kappa shape index (κ3) is 2.27. The summed E-state index contributed by atoms with van der Waals surface area (Å²) in [5.41, 5.74) is 5.63. The monoisotopic (exact) mass is 221 g/mol. The van der Waals surface area contributed by atoms with Crippen LogP contribution in [0.1, 0.15) is 5.82 Å². The molecule has 0 radical (unpaired) electrons. The van der Waals surface area contributed by atoms with E-state index in [2.05, 4.69) is 15.0 Å². The Morgan fingerprint density at radius 2 is 2.20 bits per heavy atom. The Morgan fingerprint density at radius 3 is 2.80 bits per heavy atom. The molecule has 0 atom stereocenters. The molecule has 0 amide bonds. The van der Waals surface area contributed by atoms with Gasteiger partial charge in [0.05, 0.1) is 0 Å². The van der Waals surface area contributed by atoms with E-state index in [0.717, 1.165) is 10.2 Å². The molecule has 2 aromatic heterocycles. The smallest absolute Gasteiger partial charge is 0.174 e. The lowest BCUT2D eigenvalue weighted by atomic mass is 10.5. The summed E-state index contributed by atoms with van der Waals surface area (Å²) < 4.78 is 1.93. The number of imidazole rings is 1. The fraction of sp³-hybridized carbons (Fsp3) is 0.222. The molecule has 5 nitrogen and oxygen atoms in total. The minimum atomic E-state index is 0.485. The maximum atomic E-state index is 5.63. The largest absolute Gasteiger partial charge is 0.384 e. The molecule has 78 valence electrons. The lowest BCUT2D eigenvalue weighted by molar-refractivity contribution is 0.788. The normalized spacial score (nSPS) is 10.5. The average Bonchev–Trinajstić information content (AvgIpc) is 2.50. The van der Waals surface area contributed by atoms with Gasteiger partial charge in [0.1, 0.15) is 16.7 Å². The van der Waals surface area contributed by atoms with Crippen molar-refractivity contribution in [1.82, 2.24) is 19.5 Å². The molecule has 2 rings (SSSR count). The highest BCUT2D eigenvalue weighted by Crippen LogP contribution is 2.24. The highest BCUT2D eigenvalue weighted by atomic mass is 32.2. The standard InChI is InChI=1S/C9H11N5S/c1-6-12-7(10)5-8(13-6)15-9-11-3-4-14(9)2/h3-5H,1-2H3,(H2,10,12,13). The number of aromatic nitrogens is 4. The lowest BCUT2D eigenvalue weighted by Gasteiger charge is -2.02. The molecule has 0 saturated carbocycles. The van der Waals surface area contributed by atoms with Crippen molar-refractivity contribution in [2.24, 2.45) is 7.05 Å². The molecule has 6 heteroatoms. The van der Waals surface area contributed by atoms with Crippen molar-refractivity contribution in [2.45, 2.75) is 17.1 Å². The molecule has 2 N–H and O–H groups in total. The molecule has 0 saturated heterocycles. The summed E-state index contributed by atoms with van der Waals surface area (Å²) in [6.45, 7) is 1.82. The average molecular weight is 221 g/mol. The molecular weight excluding hydrogens is 210 g/mol. The summed E-state index contributed by atoms with van der Waals surface area (Å²) in [6, 6.07) is 1.74. The van der Waals surface area contributed by atoms with Crippen molar-refractivity contribution in [1.29, 1.82) is 0 Å². The molecule has 2 aromatic rings. The van der Waals surface area contributed by atoms with Crippen LogP contribution in [-0.2, 0) is 7.05 Å². The number of nitrogen functional groups attached to an aromatic ring is 1. The minimum Gasteiger partial charge on any atom is -0.384 e. The maximum absolute atomic E-state index is 5.63. The zero-order chi connectivity index (χ0) is 10.8. The summed E-state index contributed by atoms with van der Waals surface area (Å²) >= 11 is 1.47. The molecule has 0 unspecified atom stereocenters. The first-order chi connectivity index (χ1) is 7.15. The van der Waals surface area contributed by atoms with E-state index in [9.17, 15) is 0 Å². The van der Waals surface area contributed by atoms with E-state index >= 15 is 0 Å². The number of anilines is 1. The quantitative estimate of drug-likeness (QED) is 0.773. The van der Waals surface area contributed by atoms with Gasteiger partial charge in [-0.1, -0.05) is 0 Å². The van der Waals surface area contributed by atoms with Gasteiger partial charge in [0, 0.05) is 25.5 Å². The predicted octanol–water partition coefficient (Wildman–Crippen LogP) is 1.25. The molecule has 0 fully saturated rings. The van der Waals surface area contributed by atoms with Gasteiger partial charge in [-0.05, 0) is 18.7 Å². The molecule has 2 heterocycles. The van der Waals surface area contributed by atoms with Gasteiger partial charge in [-0.25, -0.2) is 15.0 Å². The van der Waals surface area contributed by atoms with Gasteiger partial charge in [0.15, 0.2) is 5.16 Å². The van der Waals surface area contributed by atoms with Crippen LogP contribution in [0.4, 0.5) is 5.82 Å². The van der Waals surface area contributed by atoms with E-state index in [1.165, 1.54) is 11.8 Å². The second-order valence-electron chi connectivity index (χ2n) is 3.10. The number of rotatable bonds is 2. The molecule has 0 aromatic carbocycles. The molecule has 0 aliphatic rings. The Bertz CT molecular complexity index is 459. The highest BCUT2D eigenvalue weighted by Gasteiger charge is 2.05. The summed E-state index contributed by atoms with van der Waals surface area (Å²) in [5, 5.41) is 1.70. The summed E-state index contributed by atoms with van der Waals surface area (Å²) in [5.74, 6) is 1.16. The van der Waals surface area contributed by atoms with E-state index in [1.54, 1.807) is 12.3 Å². The Balaban J connectivity index is 2.28. The Labute approximate surface area is 91.8 Å². The molecule has 15 heavy (non-hydrogen) atoms. The molecular formula is C9H11N5S. The van der Waals surface area contributed by atoms with E-state index in [0.29, 0.717) is 11.6 Å². The highest BCUT2D eigenvalue weighted by molar-refractivity contribution is 7.99. The van der Waals surface area contributed by atoms with Crippen molar-refractivity contribution in [2.75, 3.05) is 5.73 Å². The van der Waals surface area contributed by atoms with Gasteiger partial charge >= 0.3 is 0 Å². The van der Waals surface area contributed by atoms with Gasteiger partial charge in [-0.2, -0.15) is 0 Å². The van der Waals surface area contributed by atoms with Crippen LogP contribution in [0.25, 0.3) is 0 Å². The predicted molar refractivity (Wildman–Crippen MR) is 58.5 cm³/mol. The van der Waals surface area contributed by atoms with Crippen LogP contribution in [0.2, 0.25) is 0 Å². The summed E-state index contributed by atoms with van der Waals surface area (Å²) in [6.07, 6.45) is 3.64. The van der Waals surface area contributed by atoms with Gasteiger partial charge in [0.25, 0.3) is 0 Å². The Morgan fingerprint density at radius 1 is 1.40 bits per heavy atom. The zero-order valence-corrected chi connectivity index (χ0v) is 9.32.